The Kier molecular flexibility index (Phi) is 12.7. The Hall–Kier alpha value is -5.47. The highest BCUT2D eigenvalue weighted by atomic mass is 31.3. The molecule has 12 nitrogen and oxygen atoms in total. The van der Waals surface area contributed by atoms with E-state index in [1.54, 1.807) is 77.4 Å². The van der Waals surface area contributed by atoms with Gasteiger partial charge in [-0.3, -0.25) is 0 Å². The standard InChI is InChI=1S/C42H45N6O6P3/c1-4-31-7-19-39(20-8-31)51-55-46-57(53-41-21-9-32(5-2)10-22-41,54-42-23-11-33(6-3)12-24-42)48(50-38-27-15-35(44)16-28-38)56(52-40-29-17-36(45)18-30-40)47(55)49-37-25-13-34(43)14-26-37/h7-30H,4-6,43-45H2,1-3H3. The number of rotatable bonds is 15. The number of nitrogens with zero attached hydrogens (tertiary/aromatic N) is 3. The van der Waals surface area contributed by atoms with E-state index in [9.17, 15) is 0 Å². The number of benzene rings is 6. The van der Waals surface area contributed by atoms with Gasteiger partial charge in [0.15, 0.2) is 0 Å². The van der Waals surface area contributed by atoms with Crippen molar-refractivity contribution in [3.8, 4) is 34.5 Å². The fourth-order valence-corrected chi connectivity index (χ4v) is 12.9. The van der Waals surface area contributed by atoms with Gasteiger partial charge in [-0.2, -0.15) is 0 Å². The van der Waals surface area contributed by atoms with E-state index >= 15 is 0 Å². The van der Waals surface area contributed by atoms with Crippen molar-refractivity contribution in [1.29, 1.82) is 0 Å². The summed E-state index contributed by atoms with van der Waals surface area (Å²) < 4.78 is 36.4. The van der Waals surface area contributed by atoms with Gasteiger partial charge in [0.1, 0.15) is 34.5 Å². The fourth-order valence-electron chi connectivity index (χ4n) is 5.39. The van der Waals surface area contributed by atoms with Crippen LogP contribution in [-0.2, 0) is 19.3 Å². The Labute approximate surface area is 336 Å². The lowest BCUT2D eigenvalue weighted by Crippen LogP contribution is -2.37. The first-order valence-electron chi connectivity index (χ1n) is 18.5. The maximum absolute atomic E-state index is 7.07. The molecule has 6 aromatic rings. The van der Waals surface area contributed by atoms with Crippen molar-refractivity contribution in [1.82, 2.24) is 9.21 Å². The van der Waals surface area contributed by atoms with Crippen molar-refractivity contribution in [2.75, 3.05) is 17.2 Å². The molecule has 2 unspecified atom stereocenters. The first-order valence-corrected chi connectivity index (χ1v) is 22.4. The molecule has 0 amide bonds. The highest BCUT2D eigenvalue weighted by Gasteiger charge is 2.58. The number of aryl methyl sites for hydroxylation is 3. The van der Waals surface area contributed by atoms with Gasteiger partial charge in [0, 0.05) is 26.3 Å². The Morgan fingerprint density at radius 2 is 0.807 bits per heavy atom. The van der Waals surface area contributed by atoms with Gasteiger partial charge >= 0.3 is 24.6 Å². The van der Waals surface area contributed by atoms with E-state index < -0.39 is 24.6 Å². The molecule has 294 valence electrons. The smallest absolute Gasteiger partial charge is 0.440 e. The van der Waals surface area contributed by atoms with Gasteiger partial charge in [-0.25, -0.2) is 0 Å². The number of anilines is 3. The molecule has 1 aliphatic heterocycles. The van der Waals surface area contributed by atoms with Crippen LogP contribution in [0.3, 0.4) is 0 Å². The van der Waals surface area contributed by atoms with Gasteiger partial charge in [0.2, 0.25) is 0 Å². The van der Waals surface area contributed by atoms with Gasteiger partial charge in [-0.15, -0.1) is 4.52 Å². The first-order chi connectivity index (χ1) is 27.7. The molecule has 0 bridgehead atoms. The van der Waals surface area contributed by atoms with Crippen LogP contribution in [-0.4, -0.2) is 9.21 Å². The minimum absolute atomic E-state index is 0.418. The second kappa shape index (κ2) is 18.2. The number of nitrogen functional groups attached to an aromatic ring is 3. The Bertz CT molecular complexity index is 2210. The monoisotopic (exact) mass is 822 g/mol. The van der Waals surface area contributed by atoms with E-state index in [1.807, 2.05) is 72.8 Å². The molecular weight excluding hydrogens is 777 g/mol. The zero-order valence-electron chi connectivity index (χ0n) is 31.8. The highest BCUT2D eigenvalue weighted by Crippen LogP contribution is 2.77. The quantitative estimate of drug-likeness (QED) is 0.0670. The molecule has 0 aromatic heterocycles. The predicted molar refractivity (Wildman–Crippen MR) is 231 cm³/mol. The Morgan fingerprint density at radius 3 is 1.23 bits per heavy atom. The molecule has 0 saturated heterocycles. The van der Waals surface area contributed by atoms with Crippen LogP contribution < -0.4 is 45.0 Å². The Morgan fingerprint density at radius 1 is 0.456 bits per heavy atom. The van der Waals surface area contributed by atoms with Crippen molar-refractivity contribution in [3.05, 3.63) is 162 Å². The summed E-state index contributed by atoms with van der Waals surface area (Å²) in [5, 5.41) is 0. The van der Waals surface area contributed by atoms with Crippen LogP contribution in [0.2, 0.25) is 0 Å². The molecule has 1 aliphatic rings. The van der Waals surface area contributed by atoms with E-state index in [0.717, 1.165) is 36.0 Å². The summed E-state index contributed by atoms with van der Waals surface area (Å²) in [7, 11) is -8.31. The molecular formula is C42H45N6O6P3. The van der Waals surface area contributed by atoms with Crippen LogP contribution in [0.15, 0.2) is 150 Å². The van der Waals surface area contributed by atoms with E-state index in [0.29, 0.717) is 51.6 Å². The van der Waals surface area contributed by atoms with Crippen molar-refractivity contribution < 1.29 is 27.8 Å². The third kappa shape index (κ3) is 9.92. The summed E-state index contributed by atoms with van der Waals surface area (Å²) in [6.07, 6.45) is 2.57. The van der Waals surface area contributed by atoms with Crippen LogP contribution in [0.25, 0.3) is 0 Å². The maximum Gasteiger partial charge on any atom is 0.447 e. The van der Waals surface area contributed by atoms with Crippen LogP contribution >= 0.6 is 24.6 Å². The molecule has 6 N–H and O–H groups in total. The van der Waals surface area contributed by atoms with Crippen LogP contribution in [0.1, 0.15) is 37.5 Å². The minimum Gasteiger partial charge on any atom is -0.440 e. The second-order valence-electron chi connectivity index (χ2n) is 12.8. The SMILES string of the molecule is CCc1ccc(OP2N=P(Oc3ccc(CC)cc3)(Oc3ccc(CC)cc3)N(Oc3ccc(N)cc3)P(Oc3ccc(N)cc3)N2Oc2ccc(N)cc2)cc1. The van der Waals surface area contributed by atoms with E-state index in [2.05, 4.69) is 20.8 Å². The van der Waals surface area contributed by atoms with E-state index in [4.69, 9.17) is 49.5 Å². The van der Waals surface area contributed by atoms with E-state index in [1.165, 1.54) is 4.60 Å². The summed E-state index contributed by atoms with van der Waals surface area (Å²) >= 11 is 0. The van der Waals surface area contributed by atoms with Crippen molar-refractivity contribution in [2.45, 2.75) is 40.0 Å². The summed E-state index contributed by atoms with van der Waals surface area (Å²) in [4.78, 5) is 13.6. The van der Waals surface area contributed by atoms with Crippen molar-refractivity contribution in [2.24, 2.45) is 4.52 Å². The second-order valence-corrected chi connectivity index (χ2v) is 18.4. The number of hydrogen-bond donors (Lipinski definition) is 3. The van der Waals surface area contributed by atoms with Gasteiger partial charge in [-0.05, 0) is 145 Å². The van der Waals surface area contributed by atoms with Crippen molar-refractivity contribution >= 4 is 41.6 Å². The maximum atomic E-state index is 7.07. The zero-order valence-corrected chi connectivity index (χ0v) is 34.5. The average Bonchev–Trinajstić information content (AvgIpc) is 3.23. The average molecular weight is 823 g/mol. The predicted octanol–water partition coefficient (Wildman–Crippen LogP) is 11.7. The van der Waals surface area contributed by atoms with Crippen LogP contribution in [0.5, 0.6) is 34.5 Å². The molecule has 57 heavy (non-hydrogen) atoms. The van der Waals surface area contributed by atoms with Crippen LogP contribution in [0.4, 0.5) is 17.1 Å². The van der Waals surface area contributed by atoms with Gasteiger partial charge in [0.25, 0.3) is 0 Å². The van der Waals surface area contributed by atoms with Crippen LogP contribution in [0, 0.1) is 0 Å². The third-order valence-electron chi connectivity index (χ3n) is 8.68. The lowest BCUT2D eigenvalue weighted by Gasteiger charge is -2.43. The normalized spacial score (nSPS) is 16.5. The largest absolute Gasteiger partial charge is 0.447 e. The molecule has 15 heteroatoms. The summed E-state index contributed by atoms with van der Waals surface area (Å²) in [5.41, 5.74) is 23.5. The molecule has 0 radical (unpaired) electrons. The summed E-state index contributed by atoms with van der Waals surface area (Å²) in [6.45, 7) is 6.30. The molecule has 0 spiro atoms. The molecule has 0 saturated carbocycles. The molecule has 0 fully saturated rings. The highest BCUT2D eigenvalue weighted by molar-refractivity contribution is 7.78. The zero-order chi connectivity index (χ0) is 39.8. The molecule has 6 aromatic carbocycles. The van der Waals surface area contributed by atoms with Gasteiger partial charge in [0.05, 0.1) is 0 Å². The Balaban J connectivity index is 1.48. The molecule has 1 heterocycles. The lowest BCUT2D eigenvalue weighted by molar-refractivity contribution is 0.0546. The minimum atomic E-state index is -3.88. The molecule has 2 atom stereocenters. The van der Waals surface area contributed by atoms with Crippen molar-refractivity contribution in [3.63, 3.8) is 0 Å². The van der Waals surface area contributed by atoms with Gasteiger partial charge in [-0.1, -0.05) is 57.2 Å². The molecule has 0 aliphatic carbocycles. The lowest BCUT2D eigenvalue weighted by atomic mass is 10.2. The summed E-state index contributed by atoms with van der Waals surface area (Å²) in [6, 6.07) is 44.5. The summed E-state index contributed by atoms with van der Waals surface area (Å²) in [5.74, 6) is 2.89. The number of nitrogens with two attached hydrogens (primary N) is 3. The number of hydrogen-bond acceptors (Lipinski definition) is 12. The first kappa shape index (κ1) is 39.8. The fraction of sp³-hybridized carbons (Fsp3) is 0.143. The van der Waals surface area contributed by atoms with Gasteiger partial charge < -0.3 is 45.0 Å². The topological polar surface area (TPSA) is 152 Å². The molecule has 7 rings (SSSR count). The van der Waals surface area contributed by atoms with E-state index in [-0.39, 0.29) is 0 Å². The third-order valence-corrected chi connectivity index (χ3v) is 15.5.